The Bertz CT molecular complexity index is 1540. The fourth-order valence-corrected chi connectivity index (χ4v) is 5.50. The molecule has 1 aliphatic rings. The molecule has 2 heterocycles. The zero-order valence-electron chi connectivity index (χ0n) is 23.9. The number of fused-ring (bicyclic) bond motifs is 1. The molecule has 12 nitrogen and oxygen atoms in total. The molecular formula is C29H29ClN2O10S. The summed E-state index contributed by atoms with van der Waals surface area (Å²) in [7, 11) is 0. The van der Waals surface area contributed by atoms with Crippen LogP contribution >= 0.6 is 22.9 Å². The number of ether oxygens (including phenoxy) is 6. The molecule has 14 heteroatoms. The fraction of sp³-hybridized carbons (Fsp3) is 0.379. The molecule has 43 heavy (non-hydrogen) atoms. The van der Waals surface area contributed by atoms with E-state index in [0.717, 1.165) is 36.6 Å². The van der Waals surface area contributed by atoms with Crippen LogP contribution in [0.1, 0.15) is 40.2 Å². The summed E-state index contributed by atoms with van der Waals surface area (Å²) in [5, 5.41) is 1.20. The maximum absolute atomic E-state index is 12.0. The number of hydrogen-bond donors (Lipinski definition) is 0. The summed E-state index contributed by atoms with van der Waals surface area (Å²) in [6, 6.07) is 12.3. The van der Waals surface area contributed by atoms with Crippen LogP contribution in [-0.4, -0.2) is 71.9 Å². The van der Waals surface area contributed by atoms with Crippen LogP contribution in [0.3, 0.4) is 0 Å². The molecule has 1 aliphatic heterocycles. The summed E-state index contributed by atoms with van der Waals surface area (Å²) >= 11 is 7.49. The van der Waals surface area contributed by atoms with E-state index in [1.54, 1.807) is 30.3 Å². The van der Waals surface area contributed by atoms with Gasteiger partial charge < -0.3 is 28.4 Å². The lowest BCUT2D eigenvalue weighted by atomic mass is 9.98. The number of carbonyl (C=O) groups is 4. The van der Waals surface area contributed by atoms with Gasteiger partial charge in [0.05, 0.1) is 10.2 Å². The molecule has 0 aliphatic carbocycles. The molecule has 0 unspecified atom stereocenters. The van der Waals surface area contributed by atoms with Crippen LogP contribution < -0.4 is 4.74 Å². The lowest BCUT2D eigenvalue weighted by Crippen LogP contribution is -2.63. The molecule has 2 aromatic carbocycles. The minimum atomic E-state index is -1.34. The van der Waals surface area contributed by atoms with Crippen molar-refractivity contribution in [3.8, 4) is 5.75 Å². The molecule has 0 N–H and O–H groups in total. The van der Waals surface area contributed by atoms with Crippen molar-refractivity contribution in [3.05, 3.63) is 53.1 Å². The number of nitrogens with zero attached hydrogens (tertiary/aromatic N) is 2. The van der Waals surface area contributed by atoms with Crippen molar-refractivity contribution >= 4 is 67.9 Å². The fourth-order valence-electron chi connectivity index (χ4n) is 4.33. The number of thiazole rings is 1. The molecule has 0 saturated carbocycles. The van der Waals surface area contributed by atoms with Crippen molar-refractivity contribution in [2.24, 2.45) is 4.99 Å². The van der Waals surface area contributed by atoms with E-state index in [9.17, 15) is 19.2 Å². The maximum Gasteiger partial charge on any atom is 0.303 e. The SMILES string of the molecule is CC(=O)OC[C@H]1O[C@@H](Oc2ccc(/C(C)=N\c3nc4ccc(Cl)cc4s3)cc2)[C@H](OC(C)=O)[C@@H](OC(C)=O)[C@@H]1OC(C)=O. The van der Waals surface area contributed by atoms with E-state index in [-0.39, 0.29) is 6.61 Å². The molecule has 3 aromatic rings. The maximum atomic E-state index is 12.0. The van der Waals surface area contributed by atoms with Crippen LogP contribution in [0.4, 0.5) is 5.13 Å². The molecule has 1 saturated heterocycles. The van der Waals surface area contributed by atoms with Gasteiger partial charge in [-0.3, -0.25) is 19.2 Å². The lowest BCUT2D eigenvalue weighted by molar-refractivity contribution is -0.288. The Labute approximate surface area is 255 Å². The Morgan fingerprint density at radius 1 is 0.860 bits per heavy atom. The van der Waals surface area contributed by atoms with E-state index in [2.05, 4.69) is 9.98 Å². The number of aliphatic imine (C=N–C) groups is 1. The number of halogens is 1. The molecule has 1 fully saturated rings. The minimum absolute atomic E-state index is 0.312. The molecule has 228 valence electrons. The first-order valence-electron chi connectivity index (χ1n) is 13.1. The van der Waals surface area contributed by atoms with Gasteiger partial charge in [-0.2, -0.15) is 0 Å². The Kier molecular flexibility index (Phi) is 10.3. The quantitative estimate of drug-likeness (QED) is 0.186. The average molecular weight is 633 g/mol. The number of benzene rings is 2. The molecule has 5 atom stereocenters. The normalized spacial score (nSPS) is 22.0. The van der Waals surface area contributed by atoms with Crippen molar-refractivity contribution in [1.29, 1.82) is 0 Å². The van der Waals surface area contributed by atoms with Crippen LogP contribution in [0.5, 0.6) is 5.75 Å². The minimum Gasteiger partial charge on any atom is -0.463 e. The van der Waals surface area contributed by atoms with Crippen molar-refractivity contribution in [2.45, 2.75) is 65.3 Å². The van der Waals surface area contributed by atoms with Crippen LogP contribution in [0.15, 0.2) is 47.5 Å². The third-order valence-corrected chi connectivity index (χ3v) is 7.22. The van der Waals surface area contributed by atoms with E-state index in [4.69, 9.17) is 40.0 Å². The van der Waals surface area contributed by atoms with Crippen molar-refractivity contribution in [1.82, 2.24) is 4.98 Å². The highest BCUT2D eigenvalue weighted by molar-refractivity contribution is 7.22. The molecule has 0 radical (unpaired) electrons. The highest BCUT2D eigenvalue weighted by Crippen LogP contribution is 2.32. The third-order valence-electron chi connectivity index (χ3n) is 6.08. The molecule has 0 spiro atoms. The van der Waals surface area contributed by atoms with Gasteiger partial charge in [-0.1, -0.05) is 22.9 Å². The largest absolute Gasteiger partial charge is 0.463 e. The second-order valence-electron chi connectivity index (χ2n) is 9.52. The predicted molar refractivity (Wildman–Crippen MR) is 156 cm³/mol. The Morgan fingerprint density at radius 3 is 2.12 bits per heavy atom. The van der Waals surface area contributed by atoms with Gasteiger partial charge in [0.1, 0.15) is 18.5 Å². The number of hydrogen-bond acceptors (Lipinski definition) is 13. The van der Waals surface area contributed by atoms with E-state index in [1.807, 2.05) is 19.1 Å². The van der Waals surface area contributed by atoms with Gasteiger partial charge >= 0.3 is 23.9 Å². The first-order valence-corrected chi connectivity index (χ1v) is 14.3. The van der Waals surface area contributed by atoms with Gasteiger partial charge in [0, 0.05) is 38.4 Å². The van der Waals surface area contributed by atoms with E-state index >= 15 is 0 Å². The first-order chi connectivity index (χ1) is 20.4. The average Bonchev–Trinajstić information content (AvgIpc) is 3.31. The number of aromatic nitrogens is 1. The van der Waals surface area contributed by atoms with Crippen LogP contribution in [0, 0.1) is 0 Å². The van der Waals surface area contributed by atoms with Gasteiger partial charge in [-0.05, 0) is 55.0 Å². The Balaban J connectivity index is 1.59. The summed E-state index contributed by atoms with van der Waals surface area (Å²) in [5.74, 6) is -2.48. The zero-order chi connectivity index (χ0) is 31.3. The monoisotopic (exact) mass is 632 g/mol. The smallest absolute Gasteiger partial charge is 0.303 e. The topological polar surface area (TPSA) is 149 Å². The van der Waals surface area contributed by atoms with E-state index in [1.165, 1.54) is 18.3 Å². The van der Waals surface area contributed by atoms with Gasteiger partial charge in [0.25, 0.3) is 0 Å². The zero-order valence-corrected chi connectivity index (χ0v) is 25.5. The summed E-state index contributed by atoms with van der Waals surface area (Å²) in [4.78, 5) is 56.6. The second kappa shape index (κ2) is 13.9. The van der Waals surface area contributed by atoms with E-state index < -0.39 is 54.6 Å². The summed E-state index contributed by atoms with van der Waals surface area (Å²) in [5.41, 5.74) is 2.28. The predicted octanol–water partition coefficient (Wildman–Crippen LogP) is 4.55. The molecule has 1 aromatic heterocycles. The van der Waals surface area contributed by atoms with Crippen LogP contribution in [0.25, 0.3) is 10.2 Å². The Hall–Kier alpha value is -4.07. The first kappa shape index (κ1) is 31.9. The summed E-state index contributed by atoms with van der Waals surface area (Å²) in [6.07, 6.45) is -6.40. The summed E-state index contributed by atoms with van der Waals surface area (Å²) in [6.45, 7) is 6.13. The molecule has 0 bridgehead atoms. The van der Waals surface area contributed by atoms with Gasteiger partial charge in [0.15, 0.2) is 12.2 Å². The van der Waals surface area contributed by atoms with Crippen molar-refractivity contribution in [2.75, 3.05) is 6.61 Å². The summed E-state index contributed by atoms with van der Waals surface area (Å²) < 4.78 is 34.3. The van der Waals surface area contributed by atoms with Crippen LogP contribution in [0.2, 0.25) is 5.02 Å². The Morgan fingerprint density at radius 2 is 1.49 bits per heavy atom. The molecule has 0 amide bonds. The highest BCUT2D eigenvalue weighted by Gasteiger charge is 2.53. The lowest BCUT2D eigenvalue weighted by Gasteiger charge is -2.43. The molecule has 4 rings (SSSR count). The molecular weight excluding hydrogens is 604 g/mol. The standard InChI is InChI=1S/C29H29ClN2O10S/c1-14(31-29-32-22-11-8-20(30)12-24(22)43-29)19-6-9-21(10-7-19)41-28-27(40-18(5)36)26(39-17(4)35)25(38-16(3)34)23(42-28)13-37-15(2)33/h6-12,23,25-28H,13H2,1-5H3/b31-14-/t23-,25-,26+,27-,28-/m1/s1. The number of esters is 4. The highest BCUT2D eigenvalue weighted by atomic mass is 35.5. The number of carbonyl (C=O) groups excluding carboxylic acids is 4. The second-order valence-corrected chi connectivity index (χ2v) is 11.0. The van der Waals surface area contributed by atoms with E-state index in [0.29, 0.717) is 21.6 Å². The van der Waals surface area contributed by atoms with Gasteiger partial charge in [0.2, 0.25) is 17.5 Å². The third kappa shape index (κ3) is 8.49. The van der Waals surface area contributed by atoms with Crippen molar-refractivity contribution in [3.63, 3.8) is 0 Å². The number of rotatable bonds is 9. The van der Waals surface area contributed by atoms with Gasteiger partial charge in [-0.15, -0.1) is 0 Å². The van der Waals surface area contributed by atoms with Crippen molar-refractivity contribution < 1.29 is 47.6 Å². The van der Waals surface area contributed by atoms with Gasteiger partial charge in [-0.25, -0.2) is 9.98 Å². The van der Waals surface area contributed by atoms with Crippen LogP contribution in [-0.2, 0) is 42.9 Å².